The highest BCUT2D eigenvalue weighted by Crippen LogP contribution is 2.22. The van der Waals surface area contributed by atoms with E-state index in [-0.39, 0.29) is 11.6 Å². The molecule has 4 rings (SSSR count). The monoisotopic (exact) mass is 332 g/mol. The summed E-state index contributed by atoms with van der Waals surface area (Å²) in [4.78, 5) is 23.8. The summed E-state index contributed by atoms with van der Waals surface area (Å²) in [7, 11) is 0. The first-order chi connectivity index (χ1) is 12.2. The molecule has 0 atom stereocenters. The first-order valence-electron chi connectivity index (χ1n) is 7.66. The van der Waals surface area contributed by atoms with E-state index in [4.69, 9.17) is 0 Å². The lowest BCUT2D eigenvalue weighted by atomic mass is 10.0. The molecule has 2 heterocycles. The summed E-state index contributed by atoms with van der Waals surface area (Å²) in [6.45, 7) is 0. The Labute approximate surface area is 142 Å². The summed E-state index contributed by atoms with van der Waals surface area (Å²) in [6.07, 6.45) is 3.28. The standard InChI is InChI=1S/C19H13FN4O/c20-14-5-1-12(2-6-14)17(25)13-3-7-15(8-4-13)24-19-16-9-10-21-18(16)22-11-23-19/h1-11H,(H2,21,22,23,24). The SMILES string of the molecule is O=C(c1ccc(F)cc1)c1ccc(Nc2ncnc3[nH]ccc23)cc1. The van der Waals surface area contributed by atoms with Crippen LogP contribution in [0, 0.1) is 5.82 Å². The quantitative estimate of drug-likeness (QED) is 0.553. The summed E-state index contributed by atoms with van der Waals surface area (Å²) in [6, 6.07) is 14.5. The Bertz CT molecular complexity index is 1040. The van der Waals surface area contributed by atoms with Crippen molar-refractivity contribution >= 4 is 28.3 Å². The number of ketones is 1. The number of halogens is 1. The van der Waals surface area contributed by atoms with Crippen molar-refractivity contribution in [2.45, 2.75) is 0 Å². The Balaban J connectivity index is 1.57. The highest BCUT2D eigenvalue weighted by Gasteiger charge is 2.10. The van der Waals surface area contributed by atoms with Crippen LogP contribution in [0.4, 0.5) is 15.9 Å². The molecule has 0 aliphatic heterocycles. The van der Waals surface area contributed by atoms with Gasteiger partial charge in [-0.1, -0.05) is 0 Å². The lowest BCUT2D eigenvalue weighted by Crippen LogP contribution is -2.02. The van der Waals surface area contributed by atoms with E-state index in [2.05, 4.69) is 20.3 Å². The summed E-state index contributed by atoms with van der Waals surface area (Å²) in [5.74, 6) is 0.169. The van der Waals surface area contributed by atoms with E-state index < -0.39 is 0 Å². The molecule has 25 heavy (non-hydrogen) atoms. The number of nitrogens with one attached hydrogen (secondary N) is 2. The molecule has 0 aliphatic rings. The van der Waals surface area contributed by atoms with E-state index in [0.29, 0.717) is 16.9 Å². The maximum atomic E-state index is 13.0. The van der Waals surface area contributed by atoms with Crippen LogP contribution < -0.4 is 5.32 Å². The molecule has 0 bridgehead atoms. The maximum Gasteiger partial charge on any atom is 0.193 e. The number of aromatic amines is 1. The molecule has 0 saturated heterocycles. The van der Waals surface area contributed by atoms with Gasteiger partial charge in [-0.25, -0.2) is 14.4 Å². The van der Waals surface area contributed by atoms with Crippen LogP contribution in [0.2, 0.25) is 0 Å². The number of rotatable bonds is 4. The number of H-pyrrole nitrogens is 1. The zero-order chi connectivity index (χ0) is 17.2. The number of fused-ring (bicyclic) bond motifs is 1. The van der Waals surface area contributed by atoms with Gasteiger partial charge in [0, 0.05) is 23.0 Å². The Morgan fingerprint density at radius 2 is 1.60 bits per heavy atom. The molecule has 122 valence electrons. The Morgan fingerprint density at radius 1 is 0.920 bits per heavy atom. The van der Waals surface area contributed by atoms with Crippen LogP contribution in [0.1, 0.15) is 15.9 Å². The molecule has 0 aliphatic carbocycles. The average Bonchev–Trinajstić information content (AvgIpc) is 3.12. The number of anilines is 2. The molecular weight excluding hydrogens is 319 g/mol. The van der Waals surface area contributed by atoms with E-state index in [1.165, 1.54) is 30.6 Å². The second-order valence-electron chi connectivity index (χ2n) is 5.50. The second-order valence-corrected chi connectivity index (χ2v) is 5.50. The normalized spacial score (nSPS) is 10.8. The first-order valence-corrected chi connectivity index (χ1v) is 7.66. The van der Waals surface area contributed by atoms with Gasteiger partial charge in [-0.3, -0.25) is 4.79 Å². The molecule has 5 nitrogen and oxygen atoms in total. The number of carbonyl (C=O) groups excluding carboxylic acids is 1. The zero-order valence-electron chi connectivity index (χ0n) is 13.0. The predicted octanol–water partition coefficient (Wildman–Crippen LogP) is 4.07. The molecule has 4 aromatic rings. The van der Waals surface area contributed by atoms with Crippen molar-refractivity contribution in [1.29, 1.82) is 0 Å². The van der Waals surface area contributed by atoms with Gasteiger partial charge >= 0.3 is 0 Å². The molecule has 0 fully saturated rings. The lowest BCUT2D eigenvalue weighted by Gasteiger charge is -2.07. The van der Waals surface area contributed by atoms with E-state index >= 15 is 0 Å². The lowest BCUT2D eigenvalue weighted by molar-refractivity contribution is 0.103. The molecule has 2 N–H and O–H groups in total. The average molecular weight is 332 g/mol. The van der Waals surface area contributed by atoms with Crippen molar-refractivity contribution in [3.8, 4) is 0 Å². The van der Waals surface area contributed by atoms with Gasteiger partial charge in [-0.15, -0.1) is 0 Å². The van der Waals surface area contributed by atoms with Crippen molar-refractivity contribution < 1.29 is 9.18 Å². The Hall–Kier alpha value is -3.54. The number of benzene rings is 2. The van der Waals surface area contributed by atoms with Crippen LogP contribution in [0.3, 0.4) is 0 Å². The minimum absolute atomic E-state index is 0.151. The minimum Gasteiger partial charge on any atom is -0.346 e. The third kappa shape index (κ3) is 2.97. The fraction of sp³-hybridized carbons (Fsp3) is 0. The van der Waals surface area contributed by atoms with Gasteiger partial charge < -0.3 is 10.3 Å². The van der Waals surface area contributed by atoms with Gasteiger partial charge in [0.15, 0.2) is 5.78 Å². The molecule has 6 heteroatoms. The van der Waals surface area contributed by atoms with Crippen molar-refractivity contribution in [3.05, 3.63) is 84.1 Å². The maximum absolute atomic E-state index is 13.0. The van der Waals surface area contributed by atoms with Crippen LogP contribution in [0.5, 0.6) is 0 Å². The minimum atomic E-state index is -0.364. The third-order valence-corrected chi connectivity index (χ3v) is 3.87. The van der Waals surface area contributed by atoms with Crippen LogP contribution in [0.25, 0.3) is 11.0 Å². The molecule has 0 amide bonds. The Morgan fingerprint density at radius 3 is 2.32 bits per heavy atom. The number of hydrogen-bond donors (Lipinski definition) is 2. The second kappa shape index (κ2) is 6.16. The van der Waals surface area contributed by atoms with Gasteiger partial charge in [-0.2, -0.15) is 0 Å². The number of carbonyl (C=O) groups is 1. The van der Waals surface area contributed by atoms with Crippen molar-refractivity contribution in [2.75, 3.05) is 5.32 Å². The van der Waals surface area contributed by atoms with Crippen LogP contribution in [-0.4, -0.2) is 20.7 Å². The fourth-order valence-electron chi connectivity index (χ4n) is 2.58. The summed E-state index contributed by atoms with van der Waals surface area (Å²) in [5.41, 5.74) is 2.54. The van der Waals surface area contributed by atoms with Crippen molar-refractivity contribution in [3.63, 3.8) is 0 Å². The summed E-state index contributed by atoms with van der Waals surface area (Å²) in [5, 5.41) is 4.10. The van der Waals surface area contributed by atoms with Crippen LogP contribution in [0.15, 0.2) is 67.1 Å². The van der Waals surface area contributed by atoms with Gasteiger partial charge in [-0.05, 0) is 54.6 Å². The number of aromatic nitrogens is 3. The highest BCUT2D eigenvalue weighted by molar-refractivity contribution is 6.09. The molecule has 2 aromatic carbocycles. The fourth-order valence-corrected chi connectivity index (χ4v) is 2.58. The van der Waals surface area contributed by atoms with E-state index in [1.807, 2.05) is 6.07 Å². The molecule has 2 aromatic heterocycles. The zero-order valence-corrected chi connectivity index (χ0v) is 13.0. The van der Waals surface area contributed by atoms with Gasteiger partial charge in [0.25, 0.3) is 0 Å². The topological polar surface area (TPSA) is 70.7 Å². The highest BCUT2D eigenvalue weighted by atomic mass is 19.1. The number of nitrogens with zero attached hydrogens (tertiary/aromatic N) is 2. The molecular formula is C19H13FN4O. The van der Waals surface area contributed by atoms with Crippen molar-refractivity contribution in [1.82, 2.24) is 15.0 Å². The molecule has 0 spiro atoms. The van der Waals surface area contributed by atoms with Crippen LogP contribution >= 0.6 is 0 Å². The van der Waals surface area contributed by atoms with Crippen LogP contribution in [-0.2, 0) is 0 Å². The van der Waals surface area contributed by atoms with E-state index in [0.717, 1.165) is 16.7 Å². The first kappa shape index (κ1) is 15.0. The van der Waals surface area contributed by atoms with E-state index in [1.54, 1.807) is 30.5 Å². The van der Waals surface area contributed by atoms with Gasteiger partial charge in [0.1, 0.15) is 23.6 Å². The summed E-state index contributed by atoms with van der Waals surface area (Å²) >= 11 is 0. The molecule has 0 unspecified atom stereocenters. The molecule has 0 radical (unpaired) electrons. The van der Waals surface area contributed by atoms with E-state index in [9.17, 15) is 9.18 Å². The Kier molecular flexibility index (Phi) is 3.70. The smallest absolute Gasteiger partial charge is 0.193 e. The van der Waals surface area contributed by atoms with Gasteiger partial charge in [0.2, 0.25) is 0 Å². The van der Waals surface area contributed by atoms with Crippen molar-refractivity contribution in [2.24, 2.45) is 0 Å². The third-order valence-electron chi connectivity index (χ3n) is 3.87. The summed E-state index contributed by atoms with van der Waals surface area (Å²) < 4.78 is 13.0. The largest absolute Gasteiger partial charge is 0.346 e. The number of hydrogen-bond acceptors (Lipinski definition) is 4. The molecule has 0 saturated carbocycles. The predicted molar refractivity (Wildman–Crippen MR) is 93.4 cm³/mol. The van der Waals surface area contributed by atoms with Gasteiger partial charge in [0.05, 0.1) is 5.39 Å².